The van der Waals surface area contributed by atoms with Gasteiger partial charge in [-0.15, -0.1) is 0 Å². The van der Waals surface area contributed by atoms with Gasteiger partial charge in [-0.05, 0) is 42.7 Å². The summed E-state index contributed by atoms with van der Waals surface area (Å²) in [6.07, 6.45) is 2.95. The van der Waals surface area contributed by atoms with Crippen LogP contribution in [0, 0.1) is 21.3 Å². The molecule has 0 N–H and O–H groups in total. The van der Waals surface area contributed by atoms with Crippen LogP contribution >= 0.6 is 19.8 Å². The van der Waals surface area contributed by atoms with Gasteiger partial charge in [-0.3, -0.25) is 0 Å². The molecule has 0 aromatic heterocycles. The third kappa shape index (κ3) is 4.06. The van der Waals surface area contributed by atoms with E-state index >= 15 is 0 Å². The summed E-state index contributed by atoms with van der Waals surface area (Å²) in [7, 11) is 0. The van der Waals surface area contributed by atoms with E-state index in [-0.39, 0.29) is 15.2 Å². The SMILES string of the molecule is CC1CCC(C(C)C)C(OC(=O)c2ccccc2I(=O)=O)C1. The Hall–Kier alpha value is -0.980. The molecule has 1 aliphatic carbocycles. The van der Waals surface area contributed by atoms with Crippen molar-refractivity contribution >= 4 is 25.8 Å². The molecule has 1 aromatic rings. The molecule has 3 atom stereocenters. The Labute approximate surface area is 138 Å². The molecule has 3 unspecified atom stereocenters. The zero-order chi connectivity index (χ0) is 16.3. The van der Waals surface area contributed by atoms with Crippen molar-refractivity contribution in [2.45, 2.75) is 46.1 Å². The predicted octanol–water partition coefficient (Wildman–Crippen LogP) is 4.67. The normalized spacial score (nSPS) is 25.4. The molecule has 2 rings (SSSR count). The zero-order valence-electron chi connectivity index (χ0n) is 13.3. The largest absolute Gasteiger partial charge is 0.458 e. The highest BCUT2D eigenvalue weighted by Crippen LogP contribution is 2.36. The Morgan fingerprint density at radius 1 is 1.23 bits per heavy atom. The first-order valence-corrected chi connectivity index (χ1v) is 10.6. The molecule has 4 nitrogen and oxygen atoms in total. The summed E-state index contributed by atoms with van der Waals surface area (Å²) in [5.74, 6) is 0.823. The number of hydrogen-bond donors (Lipinski definition) is 0. The van der Waals surface area contributed by atoms with Gasteiger partial charge in [0.25, 0.3) is 0 Å². The highest BCUT2D eigenvalue weighted by molar-refractivity contribution is 14.2. The summed E-state index contributed by atoms with van der Waals surface area (Å²) >= 11 is -3.70. The lowest BCUT2D eigenvalue weighted by molar-refractivity contribution is -0.0175. The molecule has 0 amide bonds. The third-order valence-electron chi connectivity index (χ3n) is 4.48. The molecular weight excluding hydrogens is 395 g/mol. The maximum Gasteiger partial charge on any atom is 0.341 e. The van der Waals surface area contributed by atoms with E-state index in [9.17, 15) is 10.9 Å². The second kappa shape index (κ2) is 7.53. The van der Waals surface area contributed by atoms with E-state index in [1.165, 1.54) is 12.1 Å². The molecule has 122 valence electrons. The molecule has 0 radical (unpaired) electrons. The van der Waals surface area contributed by atoms with Crippen LogP contribution in [-0.2, 0) is 10.9 Å². The number of carbonyl (C=O) groups excluding carboxylic acids is 1. The van der Waals surface area contributed by atoms with E-state index in [0.29, 0.717) is 17.8 Å². The number of benzene rings is 1. The fourth-order valence-corrected chi connectivity index (χ4v) is 4.59. The van der Waals surface area contributed by atoms with Gasteiger partial charge < -0.3 is 4.74 Å². The lowest BCUT2D eigenvalue weighted by Gasteiger charge is -2.36. The molecule has 22 heavy (non-hydrogen) atoms. The van der Waals surface area contributed by atoms with Crippen molar-refractivity contribution in [1.29, 1.82) is 0 Å². The number of ether oxygens (including phenoxy) is 1. The number of carbonyl (C=O) groups is 1. The topological polar surface area (TPSA) is 60.4 Å². The first-order chi connectivity index (χ1) is 10.4. The van der Waals surface area contributed by atoms with Crippen molar-refractivity contribution in [2.75, 3.05) is 0 Å². The van der Waals surface area contributed by atoms with Crippen molar-refractivity contribution in [3.63, 3.8) is 0 Å². The molecule has 0 heterocycles. The Balaban J connectivity index is 2.20. The summed E-state index contributed by atoms with van der Waals surface area (Å²) in [5.41, 5.74) is 0.179. The van der Waals surface area contributed by atoms with Gasteiger partial charge in [0.05, 0.1) is 9.13 Å². The zero-order valence-corrected chi connectivity index (χ0v) is 15.4. The van der Waals surface area contributed by atoms with Crippen LogP contribution in [0.25, 0.3) is 0 Å². The van der Waals surface area contributed by atoms with Gasteiger partial charge in [0, 0.05) is 0 Å². The fourth-order valence-electron chi connectivity index (χ4n) is 3.21. The fraction of sp³-hybridized carbons (Fsp3) is 0.588. The molecule has 1 aromatic carbocycles. The van der Waals surface area contributed by atoms with Gasteiger partial charge >= 0.3 is 25.8 Å². The van der Waals surface area contributed by atoms with E-state index in [2.05, 4.69) is 20.8 Å². The minimum absolute atomic E-state index is 0.120. The number of rotatable bonds is 4. The maximum absolute atomic E-state index is 12.4. The highest BCUT2D eigenvalue weighted by Gasteiger charge is 2.34. The van der Waals surface area contributed by atoms with Gasteiger partial charge in [0.2, 0.25) is 0 Å². The smallest absolute Gasteiger partial charge is 0.341 e. The average Bonchev–Trinajstić information content (AvgIpc) is 2.46. The first-order valence-electron chi connectivity index (χ1n) is 7.75. The Bertz CT molecular complexity index is 598. The van der Waals surface area contributed by atoms with E-state index < -0.39 is 25.8 Å². The van der Waals surface area contributed by atoms with Crippen LogP contribution in [0.5, 0.6) is 0 Å². The van der Waals surface area contributed by atoms with Gasteiger partial charge in [-0.25, -0.2) is 10.9 Å². The summed E-state index contributed by atoms with van der Waals surface area (Å²) in [4.78, 5) is 12.4. The molecule has 1 aliphatic rings. The summed E-state index contributed by atoms with van der Waals surface area (Å²) < 4.78 is 28.6. The molecular formula is C17H23IO4. The maximum atomic E-state index is 12.4. The van der Waals surface area contributed by atoms with Crippen LogP contribution in [0.2, 0.25) is 0 Å². The minimum Gasteiger partial charge on any atom is -0.458 e. The summed E-state index contributed by atoms with van der Waals surface area (Å²) in [5, 5.41) is 0. The lowest BCUT2D eigenvalue weighted by Crippen LogP contribution is -2.36. The van der Waals surface area contributed by atoms with Crippen molar-refractivity contribution in [2.24, 2.45) is 17.8 Å². The Morgan fingerprint density at radius 3 is 2.55 bits per heavy atom. The average molecular weight is 418 g/mol. The Kier molecular flexibility index (Phi) is 5.94. The van der Waals surface area contributed by atoms with E-state index in [4.69, 9.17) is 4.74 Å². The molecule has 1 fully saturated rings. The lowest BCUT2D eigenvalue weighted by atomic mass is 9.75. The number of halogens is 1. The van der Waals surface area contributed by atoms with Crippen LogP contribution < -0.4 is 0 Å². The van der Waals surface area contributed by atoms with Gasteiger partial charge in [-0.1, -0.05) is 39.3 Å². The molecule has 1 saturated carbocycles. The van der Waals surface area contributed by atoms with E-state index in [0.717, 1.165) is 19.3 Å². The standard InChI is InChI=1S/C17H23IO4/c1-11(2)13-9-8-12(3)10-16(13)22-17(19)14-6-4-5-7-15(14)18(20)21/h4-7,11-13,16H,8-10H2,1-3H3. The van der Waals surface area contributed by atoms with Crippen LogP contribution in [-0.4, -0.2) is 12.1 Å². The van der Waals surface area contributed by atoms with Gasteiger partial charge in [0.1, 0.15) is 6.10 Å². The predicted molar refractivity (Wildman–Crippen MR) is 91.1 cm³/mol. The van der Waals surface area contributed by atoms with E-state index in [1.54, 1.807) is 12.1 Å². The van der Waals surface area contributed by atoms with Crippen LogP contribution in [0.1, 0.15) is 50.4 Å². The molecule has 0 bridgehead atoms. The Morgan fingerprint density at radius 2 is 1.91 bits per heavy atom. The van der Waals surface area contributed by atoms with Gasteiger partial charge in [-0.2, -0.15) is 0 Å². The monoisotopic (exact) mass is 418 g/mol. The van der Waals surface area contributed by atoms with Crippen molar-refractivity contribution in [1.82, 2.24) is 0 Å². The van der Waals surface area contributed by atoms with Crippen LogP contribution in [0.15, 0.2) is 24.3 Å². The second-order valence-corrected chi connectivity index (χ2v) is 8.87. The summed E-state index contributed by atoms with van der Waals surface area (Å²) in [6, 6.07) is 6.31. The molecule has 0 aliphatic heterocycles. The van der Waals surface area contributed by atoms with Crippen LogP contribution in [0.4, 0.5) is 0 Å². The molecule has 0 spiro atoms. The van der Waals surface area contributed by atoms with Crippen molar-refractivity contribution < 1.29 is 15.7 Å². The minimum atomic E-state index is -3.70. The first kappa shape index (κ1) is 17.4. The third-order valence-corrected chi connectivity index (χ3v) is 6.37. The highest BCUT2D eigenvalue weighted by atomic mass is 127. The molecule has 5 heteroatoms. The summed E-state index contributed by atoms with van der Waals surface area (Å²) in [6.45, 7) is 6.47. The van der Waals surface area contributed by atoms with Crippen LogP contribution in [0.3, 0.4) is 0 Å². The van der Waals surface area contributed by atoms with Crippen molar-refractivity contribution in [3.05, 3.63) is 33.4 Å². The second-order valence-electron chi connectivity index (χ2n) is 6.47. The number of esters is 1. The van der Waals surface area contributed by atoms with Crippen molar-refractivity contribution in [3.8, 4) is 0 Å². The quantitative estimate of drug-likeness (QED) is 0.527. The number of hydrogen-bond acceptors (Lipinski definition) is 4. The van der Waals surface area contributed by atoms with E-state index in [1.807, 2.05) is 0 Å². The van der Waals surface area contributed by atoms with Gasteiger partial charge in [0.15, 0.2) is 0 Å². The molecule has 0 saturated heterocycles.